The summed E-state index contributed by atoms with van der Waals surface area (Å²) < 4.78 is 11.0. The molecule has 1 aliphatic rings. The summed E-state index contributed by atoms with van der Waals surface area (Å²) in [7, 11) is 1.64. The van der Waals surface area contributed by atoms with E-state index in [0.29, 0.717) is 17.5 Å². The number of hydrogen-bond acceptors (Lipinski definition) is 5. The highest BCUT2D eigenvalue weighted by molar-refractivity contribution is 5.68. The van der Waals surface area contributed by atoms with Crippen LogP contribution in [0.4, 0.5) is 5.88 Å². The van der Waals surface area contributed by atoms with Gasteiger partial charge in [0.15, 0.2) is 0 Å². The van der Waals surface area contributed by atoms with Crippen molar-refractivity contribution in [2.24, 2.45) is 5.92 Å². The number of anilines is 1. The first-order chi connectivity index (χ1) is 11.7. The normalized spacial score (nSPS) is 15.6. The van der Waals surface area contributed by atoms with Gasteiger partial charge in [-0.1, -0.05) is 19.1 Å². The third-order valence-corrected chi connectivity index (χ3v) is 4.31. The van der Waals surface area contributed by atoms with Gasteiger partial charge in [0.05, 0.1) is 7.11 Å². The van der Waals surface area contributed by atoms with Crippen molar-refractivity contribution >= 4 is 18.0 Å². The van der Waals surface area contributed by atoms with Crippen molar-refractivity contribution < 1.29 is 9.15 Å². The number of benzene rings is 1. The number of aromatic nitrogens is 1. The zero-order chi connectivity index (χ0) is 16.9. The molecule has 2 heterocycles. The molecule has 3 rings (SSSR count). The van der Waals surface area contributed by atoms with Gasteiger partial charge in [0.2, 0.25) is 17.5 Å². The van der Waals surface area contributed by atoms with Crippen LogP contribution in [0.1, 0.15) is 36.9 Å². The van der Waals surface area contributed by atoms with Crippen molar-refractivity contribution in [2.45, 2.75) is 19.8 Å². The third-order valence-electron chi connectivity index (χ3n) is 4.31. The Morgan fingerprint density at radius 1 is 1.33 bits per heavy atom. The van der Waals surface area contributed by atoms with Crippen molar-refractivity contribution in [3.8, 4) is 11.8 Å². The Hall–Kier alpha value is -2.74. The summed E-state index contributed by atoms with van der Waals surface area (Å²) in [4.78, 5) is 6.41. The molecular formula is C19H21N3O2. The molecule has 0 aliphatic carbocycles. The van der Waals surface area contributed by atoms with E-state index in [4.69, 9.17) is 9.15 Å². The first-order valence-corrected chi connectivity index (χ1v) is 8.17. The van der Waals surface area contributed by atoms with Crippen molar-refractivity contribution in [3.63, 3.8) is 0 Å². The predicted molar refractivity (Wildman–Crippen MR) is 93.8 cm³/mol. The molecule has 124 valence electrons. The van der Waals surface area contributed by atoms with Crippen molar-refractivity contribution in [2.75, 3.05) is 25.1 Å². The van der Waals surface area contributed by atoms with E-state index in [9.17, 15) is 5.26 Å². The second-order valence-corrected chi connectivity index (χ2v) is 6.10. The van der Waals surface area contributed by atoms with Gasteiger partial charge in [-0.15, -0.1) is 0 Å². The lowest BCUT2D eigenvalue weighted by atomic mass is 9.99. The van der Waals surface area contributed by atoms with Gasteiger partial charge >= 0.3 is 0 Å². The topological polar surface area (TPSA) is 62.3 Å². The van der Waals surface area contributed by atoms with E-state index in [1.807, 2.05) is 30.3 Å². The minimum Gasteiger partial charge on any atom is -0.497 e. The fourth-order valence-corrected chi connectivity index (χ4v) is 2.81. The Morgan fingerprint density at radius 3 is 2.83 bits per heavy atom. The van der Waals surface area contributed by atoms with Gasteiger partial charge in [0, 0.05) is 19.2 Å². The van der Waals surface area contributed by atoms with Crippen molar-refractivity contribution in [1.29, 1.82) is 5.26 Å². The van der Waals surface area contributed by atoms with E-state index in [1.165, 1.54) is 0 Å². The standard InChI is InChI=1S/C19H21N3O2/c1-14-8-10-22(11-9-14)19-17(13-20)21-18(24-19)7-6-15-4-3-5-16(12-15)23-2/h3-7,12,14H,8-11H2,1-2H3. The number of rotatable bonds is 4. The van der Waals surface area contributed by atoms with Gasteiger partial charge in [-0.05, 0) is 42.5 Å². The minimum atomic E-state index is 0.356. The van der Waals surface area contributed by atoms with Crippen LogP contribution in [-0.2, 0) is 0 Å². The first kappa shape index (κ1) is 16.1. The SMILES string of the molecule is COc1cccc(C=Cc2nc(C#N)c(N3CCC(C)CC3)o2)c1. The second kappa shape index (κ2) is 7.22. The molecule has 0 saturated carbocycles. The molecule has 0 unspecified atom stereocenters. The lowest BCUT2D eigenvalue weighted by Crippen LogP contribution is -2.32. The molecule has 24 heavy (non-hydrogen) atoms. The molecule has 1 saturated heterocycles. The Labute approximate surface area is 142 Å². The average Bonchev–Trinajstić information content (AvgIpc) is 3.04. The number of ether oxygens (including phenoxy) is 1. The lowest BCUT2D eigenvalue weighted by molar-refractivity contribution is 0.414. The van der Waals surface area contributed by atoms with Crippen LogP contribution >= 0.6 is 0 Å². The predicted octanol–water partition coefficient (Wildman–Crippen LogP) is 3.96. The van der Waals surface area contributed by atoms with Gasteiger partial charge in [-0.3, -0.25) is 0 Å². The smallest absolute Gasteiger partial charge is 0.235 e. The molecule has 0 spiro atoms. The van der Waals surface area contributed by atoms with E-state index >= 15 is 0 Å². The van der Waals surface area contributed by atoms with E-state index in [2.05, 4.69) is 22.9 Å². The van der Waals surface area contributed by atoms with E-state index in [0.717, 1.165) is 43.2 Å². The maximum Gasteiger partial charge on any atom is 0.235 e. The van der Waals surface area contributed by atoms with Crippen molar-refractivity contribution in [1.82, 2.24) is 4.98 Å². The van der Waals surface area contributed by atoms with Gasteiger partial charge in [-0.25, -0.2) is 0 Å². The molecule has 1 fully saturated rings. The number of methoxy groups -OCH3 is 1. The van der Waals surface area contributed by atoms with Crippen LogP contribution < -0.4 is 9.64 Å². The summed E-state index contributed by atoms with van der Waals surface area (Å²) in [5.74, 6) is 2.56. The van der Waals surface area contributed by atoms with Crippen LogP contribution in [0.3, 0.4) is 0 Å². The van der Waals surface area contributed by atoms with E-state index in [1.54, 1.807) is 13.2 Å². The molecule has 5 nitrogen and oxygen atoms in total. The van der Waals surface area contributed by atoms with Gasteiger partial charge in [0.25, 0.3) is 0 Å². The fraction of sp³-hybridized carbons (Fsp3) is 0.368. The quantitative estimate of drug-likeness (QED) is 0.852. The minimum absolute atomic E-state index is 0.356. The van der Waals surface area contributed by atoms with Crippen LogP contribution in [0.2, 0.25) is 0 Å². The molecule has 0 N–H and O–H groups in total. The van der Waals surface area contributed by atoms with Gasteiger partial charge in [0.1, 0.15) is 11.8 Å². The molecule has 0 amide bonds. The second-order valence-electron chi connectivity index (χ2n) is 6.10. The molecule has 5 heteroatoms. The molecule has 0 radical (unpaired) electrons. The molecule has 0 atom stereocenters. The van der Waals surface area contributed by atoms with Crippen LogP contribution in [0.5, 0.6) is 5.75 Å². The Balaban J connectivity index is 1.79. The molecule has 2 aromatic rings. The van der Waals surface area contributed by atoms with Crippen LogP contribution in [-0.4, -0.2) is 25.2 Å². The summed E-state index contributed by atoms with van der Waals surface area (Å²) in [5, 5.41) is 9.33. The highest BCUT2D eigenvalue weighted by Gasteiger charge is 2.23. The zero-order valence-electron chi connectivity index (χ0n) is 14.0. The monoisotopic (exact) mass is 323 g/mol. The van der Waals surface area contributed by atoms with Gasteiger partial charge < -0.3 is 14.1 Å². The van der Waals surface area contributed by atoms with E-state index < -0.39 is 0 Å². The van der Waals surface area contributed by atoms with Gasteiger partial charge in [-0.2, -0.15) is 10.2 Å². The van der Waals surface area contributed by atoms with E-state index in [-0.39, 0.29) is 0 Å². The van der Waals surface area contributed by atoms with Crippen LogP contribution in [0, 0.1) is 17.2 Å². The number of hydrogen-bond donors (Lipinski definition) is 0. The Bertz CT molecular complexity index is 765. The Kier molecular flexibility index (Phi) is 4.85. The van der Waals surface area contributed by atoms with Crippen LogP contribution in [0.15, 0.2) is 28.7 Å². The number of oxazole rings is 1. The summed E-state index contributed by atoms with van der Waals surface area (Å²) in [6, 6.07) is 9.86. The summed E-state index contributed by atoms with van der Waals surface area (Å²) >= 11 is 0. The zero-order valence-corrected chi connectivity index (χ0v) is 14.0. The molecule has 1 aromatic heterocycles. The molecular weight excluding hydrogens is 302 g/mol. The first-order valence-electron chi connectivity index (χ1n) is 8.17. The highest BCUT2D eigenvalue weighted by atomic mass is 16.5. The largest absolute Gasteiger partial charge is 0.497 e. The summed E-state index contributed by atoms with van der Waals surface area (Å²) in [6.07, 6.45) is 5.91. The maximum absolute atomic E-state index is 9.33. The third kappa shape index (κ3) is 3.60. The number of piperidine rings is 1. The average molecular weight is 323 g/mol. The molecule has 1 aromatic carbocycles. The number of nitrogens with zero attached hydrogens (tertiary/aromatic N) is 3. The van der Waals surface area contributed by atoms with Crippen LogP contribution in [0.25, 0.3) is 12.2 Å². The summed E-state index contributed by atoms with van der Waals surface area (Å²) in [6.45, 7) is 4.07. The maximum atomic E-state index is 9.33. The Morgan fingerprint density at radius 2 is 2.12 bits per heavy atom. The number of nitriles is 1. The van der Waals surface area contributed by atoms with Crippen molar-refractivity contribution in [3.05, 3.63) is 41.4 Å². The molecule has 0 bridgehead atoms. The summed E-state index contributed by atoms with van der Waals surface area (Å²) in [5.41, 5.74) is 1.34. The molecule has 1 aliphatic heterocycles. The highest BCUT2D eigenvalue weighted by Crippen LogP contribution is 2.27. The lowest BCUT2D eigenvalue weighted by Gasteiger charge is -2.29. The fourth-order valence-electron chi connectivity index (χ4n) is 2.81.